The maximum atomic E-state index is 5.38. The molecule has 1 nitrogen and oxygen atoms in total. The molecule has 2 rings (SSSR count). The van der Waals surface area contributed by atoms with Crippen molar-refractivity contribution >= 4 is 30.7 Å². The zero-order chi connectivity index (χ0) is 11.6. The monoisotopic (exact) mass is 245 g/mol. The first-order valence-electron chi connectivity index (χ1n) is 5.36. The summed E-state index contributed by atoms with van der Waals surface area (Å²) in [4.78, 5) is 3.13. The van der Waals surface area contributed by atoms with Gasteiger partial charge in [0, 0.05) is 6.20 Å². The van der Waals surface area contributed by atoms with Gasteiger partial charge in [0.25, 0.3) is 0 Å². The van der Waals surface area contributed by atoms with Gasteiger partial charge < -0.3 is 4.98 Å². The molecule has 0 fully saturated rings. The quantitative estimate of drug-likeness (QED) is 0.635. The first-order chi connectivity index (χ1) is 7.62. The number of rotatable bonds is 2. The zero-order valence-corrected chi connectivity index (χ0v) is 11.3. The summed E-state index contributed by atoms with van der Waals surface area (Å²) in [5, 5.41) is 2.72. The Bertz CT molecular complexity index is 531. The molecule has 0 unspecified atom stereocenters. The van der Waals surface area contributed by atoms with Gasteiger partial charge in [0.15, 0.2) is 0 Å². The molecule has 0 aliphatic rings. The molecule has 1 heterocycles. The van der Waals surface area contributed by atoms with Crippen molar-refractivity contribution < 1.29 is 0 Å². The molecular weight excluding hydrogens is 230 g/mol. The van der Waals surface area contributed by atoms with Crippen LogP contribution in [-0.2, 0) is 0 Å². The maximum absolute atomic E-state index is 5.38. The van der Waals surface area contributed by atoms with Crippen LogP contribution < -0.4 is 10.4 Å². The van der Waals surface area contributed by atoms with E-state index in [0.29, 0.717) is 0 Å². The Hall–Kier alpha value is -1.19. The first kappa shape index (κ1) is 11.3. The SMILES string of the molecule is C[Si](C)(c1ccccc1)c1ccc[nH]c1=S. The summed E-state index contributed by atoms with van der Waals surface area (Å²) in [5.41, 5.74) is 0. The molecule has 0 atom stereocenters. The summed E-state index contributed by atoms with van der Waals surface area (Å²) in [6.07, 6.45) is 1.89. The summed E-state index contributed by atoms with van der Waals surface area (Å²) >= 11 is 5.38. The lowest BCUT2D eigenvalue weighted by atomic mass is 10.4. The van der Waals surface area contributed by atoms with Crippen molar-refractivity contribution in [1.29, 1.82) is 0 Å². The smallest absolute Gasteiger partial charge is 0.116 e. The largest absolute Gasteiger partial charge is 0.353 e. The van der Waals surface area contributed by atoms with Crippen LogP contribution in [0, 0.1) is 4.64 Å². The molecule has 0 spiro atoms. The summed E-state index contributed by atoms with van der Waals surface area (Å²) < 4.78 is 0.878. The molecule has 1 aromatic carbocycles. The van der Waals surface area contributed by atoms with Crippen molar-refractivity contribution in [2.24, 2.45) is 0 Å². The highest BCUT2D eigenvalue weighted by molar-refractivity contribution is 7.71. The summed E-state index contributed by atoms with van der Waals surface area (Å²) in [6.45, 7) is 4.67. The molecular formula is C13H15NSSi. The highest BCUT2D eigenvalue weighted by Crippen LogP contribution is 2.04. The van der Waals surface area contributed by atoms with E-state index in [9.17, 15) is 0 Å². The van der Waals surface area contributed by atoms with Crippen LogP contribution in [0.15, 0.2) is 48.7 Å². The van der Waals surface area contributed by atoms with Crippen LogP contribution in [0.1, 0.15) is 0 Å². The molecule has 0 aliphatic carbocycles. The fourth-order valence-corrected chi connectivity index (χ4v) is 5.32. The van der Waals surface area contributed by atoms with Crippen LogP contribution in [0.5, 0.6) is 0 Å². The van der Waals surface area contributed by atoms with Crippen molar-refractivity contribution in [3.05, 3.63) is 53.3 Å². The Balaban J connectivity index is 2.56. The molecule has 0 radical (unpaired) electrons. The van der Waals surface area contributed by atoms with E-state index in [-0.39, 0.29) is 0 Å². The van der Waals surface area contributed by atoms with Gasteiger partial charge in [-0.05, 0) is 11.3 Å². The lowest BCUT2D eigenvalue weighted by Gasteiger charge is -2.23. The Labute approximate surface area is 102 Å². The Kier molecular flexibility index (Phi) is 3.07. The van der Waals surface area contributed by atoms with E-state index in [1.165, 1.54) is 10.4 Å². The van der Waals surface area contributed by atoms with Crippen molar-refractivity contribution in [2.45, 2.75) is 13.1 Å². The van der Waals surface area contributed by atoms with Crippen LogP contribution >= 0.6 is 12.2 Å². The van der Waals surface area contributed by atoms with E-state index < -0.39 is 8.07 Å². The summed E-state index contributed by atoms with van der Waals surface area (Å²) in [5.74, 6) is 0. The molecule has 16 heavy (non-hydrogen) atoms. The third-order valence-electron chi connectivity index (χ3n) is 2.99. The molecule has 1 aromatic heterocycles. The number of nitrogens with one attached hydrogen (secondary N) is 1. The zero-order valence-electron chi connectivity index (χ0n) is 9.53. The second-order valence-corrected chi connectivity index (χ2v) is 9.18. The van der Waals surface area contributed by atoms with E-state index in [2.05, 4.69) is 54.5 Å². The van der Waals surface area contributed by atoms with Crippen molar-refractivity contribution in [1.82, 2.24) is 4.98 Å². The minimum atomic E-state index is -1.64. The fourth-order valence-electron chi connectivity index (χ4n) is 1.92. The van der Waals surface area contributed by atoms with Crippen molar-refractivity contribution in [3.8, 4) is 0 Å². The number of hydrogen-bond donors (Lipinski definition) is 1. The number of pyridine rings is 1. The molecule has 82 valence electrons. The fraction of sp³-hybridized carbons (Fsp3) is 0.154. The Morgan fingerprint density at radius 3 is 2.31 bits per heavy atom. The van der Waals surface area contributed by atoms with Crippen LogP contribution in [0.4, 0.5) is 0 Å². The van der Waals surface area contributed by atoms with Gasteiger partial charge in [-0.1, -0.05) is 66.9 Å². The standard InChI is InChI=1S/C13H15NSSi/c1-16(2,11-7-4-3-5-8-11)12-9-6-10-14-13(12)15/h3-10H,1-2H3,(H,14,15). The van der Waals surface area contributed by atoms with Crippen molar-refractivity contribution in [3.63, 3.8) is 0 Å². The Morgan fingerprint density at radius 2 is 1.69 bits per heavy atom. The second kappa shape index (κ2) is 4.35. The molecule has 0 bridgehead atoms. The molecule has 0 amide bonds. The number of aromatic nitrogens is 1. The van der Waals surface area contributed by atoms with E-state index in [1.54, 1.807) is 0 Å². The topological polar surface area (TPSA) is 15.8 Å². The average Bonchev–Trinajstić information content (AvgIpc) is 2.30. The van der Waals surface area contributed by atoms with Gasteiger partial charge in [-0.25, -0.2) is 0 Å². The number of hydrogen-bond acceptors (Lipinski definition) is 1. The van der Waals surface area contributed by atoms with E-state index in [1.807, 2.05) is 12.3 Å². The highest BCUT2D eigenvalue weighted by atomic mass is 32.1. The minimum absolute atomic E-state index is 0.878. The van der Waals surface area contributed by atoms with Crippen LogP contribution in [0.2, 0.25) is 13.1 Å². The molecule has 2 aromatic rings. The van der Waals surface area contributed by atoms with Crippen LogP contribution in [-0.4, -0.2) is 13.1 Å². The van der Waals surface area contributed by atoms with Gasteiger partial charge in [-0.3, -0.25) is 0 Å². The second-order valence-electron chi connectivity index (χ2n) is 4.40. The maximum Gasteiger partial charge on any atom is 0.116 e. The third-order valence-corrected chi connectivity index (χ3v) is 7.05. The number of aromatic amines is 1. The van der Waals surface area contributed by atoms with Gasteiger partial charge in [0.1, 0.15) is 12.7 Å². The molecule has 3 heteroatoms. The first-order valence-corrected chi connectivity index (χ1v) is 8.77. The van der Waals surface area contributed by atoms with Gasteiger partial charge >= 0.3 is 0 Å². The van der Waals surface area contributed by atoms with Crippen molar-refractivity contribution in [2.75, 3.05) is 0 Å². The third kappa shape index (κ3) is 2.01. The normalized spacial score (nSPS) is 11.4. The summed E-state index contributed by atoms with van der Waals surface area (Å²) in [6, 6.07) is 14.8. The molecule has 0 aliphatic heterocycles. The van der Waals surface area contributed by atoms with Crippen LogP contribution in [0.3, 0.4) is 0 Å². The lowest BCUT2D eigenvalue weighted by Crippen LogP contribution is -2.53. The van der Waals surface area contributed by atoms with Crippen LogP contribution in [0.25, 0.3) is 0 Å². The number of benzene rings is 1. The average molecular weight is 245 g/mol. The van der Waals surface area contributed by atoms with Gasteiger partial charge in [-0.2, -0.15) is 0 Å². The molecule has 1 N–H and O–H groups in total. The van der Waals surface area contributed by atoms with Gasteiger partial charge in [0.2, 0.25) is 0 Å². The molecule has 0 saturated carbocycles. The van der Waals surface area contributed by atoms with E-state index in [4.69, 9.17) is 12.2 Å². The minimum Gasteiger partial charge on any atom is -0.353 e. The van der Waals surface area contributed by atoms with E-state index >= 15 is 0 Å². The molecule has 0 saturated heterocycles. The predicted molar refractivity (Wildman–Crippen MR) is 74.8 cm³/mol. The lowest BCUT2D eigenvalue weighted by molar-refractivity contribution is 1.31. The number of H-pyrrole nitrogens is 1. The highest BCUT2D eigenvalue weighted by Gasteiger charge is 2.26. The van der Waals surface area contributed by atoms with Gasteiger partial charge in [-0.15, -0.1) is 0 Å². The van der Waals surface area contributed by atoms with Gasteiger partial charge in [0.05, 0.1) is 0 Å². The Morgan fingerprint density at radius 1 is 1.00 bits per heavy atom. The summed E-state index contributed by atoms with van der Waals surface area (Å²) in [7, 11) is -1.64. The van der Waals surface area contributed by atoms with E-state index in [0.717, 1.165) is 4.64 Å². The predicted octanol–water partition coefficient (Wildman–Crippen LogP) is 2.57.